The summed E-state index contributed by atoms with van der Waals surface area (Å²) >= 11 is 0. The summed E-state index contributed by atoms with van der Waals surface area (Å²) in [6.45, 7) is 1.79. The van der Waals surface area contributed by atoms with E-state index in [2.05, 4.69) is 14.6 Å². The lowest BCUT2D eigenvalue weighted by Crippen LogP contribution is -2.32. The van der Waals surface area contributed by atoms with E-state index in [1.807, 2.05) is 30.3 Å². The fourth-order valence-electron chi connectivity index (χ4n) is 4.56. The van der Waals surface area contributed by atoms with Crippen LogP contribution in [0.2, 0.25) is 0 Å². The molecule has 8 nitrogen and oxygen atoms in total. The number of carbonyl (C=O) groups is 1. The van der Waals surface area contributed by atoms with Crippen LogP contribution in [0.1, 0.15) is 60.6 Å². The van der Waals surface area contributed by atoms with E-state index in [0.29, 0.717) is 11.6 Å². The highest BCUT2D eigenvalue weighted by Gasteiger charge is 2.31. The molecule has 0 spiro atoms. The highest BCUT2D eigenvalue weighted by molar-refractivity contribution is 7.89. The third kappa shape index (κ3) is 3.97. The molecule has 9 heteroatoms. The fourth-order valence-corrected chi connectivity index (χ4v) is 5.00. The maximum atomic E-state index is 12.8. The molecular formula is C23H27N5O3S. The van der Waals surface area contributed by atoms with Crippen molar-refractivity contribution < 1.29 is 13.2 Å². The minimum Gasteiger partial charge on any atom is -0.371 e. The predicted octanol–water partition coefficient (Wildman–Crippen LogP) is 3.37. The Morgan fingerprint density at radius 1 is 1.06 bits per heavy atom. The second-order valence-corrected chi connectivity index (χ2v) is 10.5. The standard InChI is InChI=1S/C23H27N5O3S/c1-32(30,31)26-23(29)18-15-19(27-13-6-3-7-14-27)20-21(16-9-8-10-16)25-28(22(20)24-18)17-11-4-2-5-12-17/h2,4-5,11-12,15-16H,3,6-10,13-14H2,1H3,(H,26,29). The Kier molecular flexibility index (Phi) is 5.36. The number of hydrogen-bond donors (Lipinski definition) is 1. The van der Waals surface area contributed by atoms with E-state index in [1.165, 1.54) is 12.8 Å². The second-order valence-electron chi connectivity index (χ2n) is 8.74. The Balaban J connectivity index is 1.76. The van der Waals surface area contributed by atoms with Crippen molar-refractivity contribution >= 4 is 32.7 Å². The van der Waals surface area contributed by atoms with Crippen LogP contribution in [0.5, 0.6) is 0 Å². The van der Waals surface area contributed by atoms with Gasteiger partial charge in [-0.3, -0.25) is 4.79 Å². The summed E-state index contributed by atoms with van der Waals surface area (Å²) in [6.07, 6.45) is 7.70. The molecule has 1 aliphatic heterocycles. The van der Waals surface area contributed by atoms with Gasteiger partial charge >= 0.3 is 0 Å². The monoisotopic (exact) mass is 453 g/mol. The van der Waals surface area contributed by atoms with E-state index in [1.54, 1.807) is 10.7 Å². The molecule has 1 aliphatic carbocycles. The van der Waals surface area contributed by atoms with Crippen molar-refractivity contribution in [3.63, 3.8) is 0 Å². The summed E-state index contributed by atoms with van der Waals surface area (Å²) < 4.78 is 27.3. The minimum atomic E-state index is -3.70. The van der Waals surface area contributed by atoms with Crippen LogP contribution in [0, 0.1) is 0 Å². The van der Waals surface area contributed by atoms with Gasteiger partial charge in [-0.25, -0.2) is 22.8 Å². The molecule has 1 saturated carbocycles. The van der Waals surface area contributed by atoms with E-state index < -0.39 is 15.9 Å². The zero-order chi connectivity index (χ0) is 22.3. The Morgan fingerprint density at radius 2 is 1.78 bits per heavy atom. The van der Waals surface area contributed by atoms with Crippen LogP contribution in [0.3, 0.4) is 0 Å². The van der Waals surface area contributed by atoms with E-state index in [4.69, 9.17) is 5.10 Å². The SMILES string of the molecule is CS(=O)(=O)NC(=O)c1cc(N2CCCCC2)c2c(C3CCC3)nn(-c3ccccc3)c2n1. The first kappa shape index (κ1) is 20.9. The van der Waals surface area contributed by atoms with Crippen LogP contribution >= 0.6 is 0 Å². The molecule has 1 N–H and O–H groups in total. The Hall–Kier alpha value is -2.94. The number of nitrogens with one attached hydrogen (secondary N) is 1. The molecule has 32 heavy (non-hydrogen) atoms. The molecule has 0 bridgehead atoms. The number of fused-ring (bicyclic) bond motifs is 1. The van der Waals surface area contributed by atoms with Gasteiger partial charge in [-0.1, -0.05) is 24.6 Å². The van der Waals surface area contributed by atoms with Gasteiger partial charge in [0.15, 0.2) is 5.65 Å². The summed E-state index contributed by atoms with van der Waals surface area (Å²) in [6, 6.07) is 11.5. The van der Waals surface area contributed by atoms with Gasteiger partial charge in [0, 0.05) is 19.0 Å². The van der Waals surface area contributed by atoms with Crippen molar-refractivity contribution in [3.05, 3.63) is 47.8 Å². The molecule has 1 amide bonds. The Labute approximate surface area is 187 Å². The third-order valence-corrected chi connectivity index (χ3v) is 6.90. The average Bonchev–Trinajstić information content (AvgIpc) is 3.11. The number of pyridine rings is 1. The molecule has 2 aromatic heterocycles. The van der Waals surface area contributed by atoms with Crippen LogP contribution in [-0.2, 0) is 10.0 Å². The van der Waals surface area contributed by atoms with E-state index >= 15 is 0 Å². The van der Waals surface area contributed by atoms with Gasteiger partial charge in [0.25, 0.3) is 5.91 Å². The van der Waals surface area contributed by atoms with Gasteiger partial charge in [0.2, 0.25) is 10.0 Å². The number of anilines is 1. The molecule has 5 rings (SSSR count). The number of para-hydroxylation sites is 1. The predicted molar refractivity (Wildman–Crippen MR) is 124 cm³/mol. The zero-order valence-electron chi connectivity index (χ0n) is 18.1. The van der Waals surface area contributed by atoms with Crippen LogP contribution in [0.15, 0.2) is 36.4 Å². The number of rotatable bonds is 5. The second kappa shape index (κ2) is 8.20. The van der Waals surface area contributed by atoms with E-state index in [0.717, 1.165) is 67.5 Å². The molecule has 1 saturated heterocycles. The van der Waals surface area contributed by atoms with Gasteiger partial charge in [-0.05, 0) is 50.3 Å². The number of aromatic nitrogens is 3. The van der Waals surface area contributed by atoms with Crippen molar-refractivity contribution in [2.75, 3.05) is 24.2 Å². The first-order valence-corrected chi connectivity index (χ1v) is 13.1. The lowest BCUT2D eigenvalue weighted by Gasteiger charge is -2.31. The van der Waals surface area contributed by atoms with Crippen molar-refractivity contribution in [1.29, 1.82) is 0 Å². The summed E-state index contributed by atoms with van der Waals surface area (Å²) in [4.78, 5) is 19.7. The van der Waals surface area contributed by atoms with E-state index in [9.17, 15) is 13.2 Å². The quantitative estimate of drug-likeness (QED) is 0.636. The first-order chi connectivity index (χ1) is 15.4. The largest absolute Gasteiger partial charge is 0.371 e. The number of hydrogen-bond acceptors (Lipinski definition) is 6. The Bertz CT molecular complexity index is 1260. The van der Waals surface area contributed by atoms with Crippen LogP contribution in [0.4, 0.5) is 5.69 Å². The maximum absolute atomic E-state index is 12.8. The zero-order valence-corrected chi connectivity index (χ0v) is 18.9. The number of sulfonamides is 1. The average molecular weight is 454 g/mol. The molecule has 1 aromatic carbocycles. The van der Waals surface area contributed by atoms with Crippen molar-refractivity contribution in [2.24, 2.45) is 0 Å². The molecule has 2 aliphatic rings. The first-order valence-electron chi connectivity index (χ1n) is 11.2. The number of carbonyl (C=O) groups excluding carboxylic acids is 1. The maximum Gasteiger partial charge on any atom is 0.283 e. The molecule has 0 radical (unpaired) electrons. The number of piperidine rings is 1. The molecule has 3 aromatic rings. The summed E-state index contributed by atoms with van der Waals surface area (Å²) in [5.41, 5.74) is 3.50. The van der Waals surface area contributed by atoms with Crippen molar-refractivity contribution in [2.45, 2.75) is 44.4 Å². The Morgan fingerprint density at radius 3 is 2.41 bits per heavy atom. The molecule has 2 fully saturated rings. The molecule has 0 atom stereocenters. The molecule has 3 heterocycles. The van der Waals surface area contributed by atoms with Gasteiger partial charge in [-0.2, -0.15) is 5.10 Å². The number of nitrogens with zero attached hydrogens (tertiary/aromatic N) is 4. The van der Waals surface area contributed by atoms with Gasteiger partial charge in [0.05, 0.1) is 28.7 Å². The normalized spacial score (nSPS) is 17.3. The molecule has 168 valence electrons. The topological polar surface area (TPSA) is 97.2 Å². The highest BCUT2D eigenvalue weighted by Crippen LogP contribution is 2.43. The van der Waals surface area contributed by atoms with Gasteiger partial charge in [-0.15, -0.1) is 0 Å². The van der Waals surface area contributed by atoms with E-state index in [-0.39, 0.29) is 5.69 Å². The summed E-state index contributed by atoms with van der Waals surface area (Å²) in [5, 5.41) is 5.97. The summed E-state index contributed by atoms with van der Waals surface area (Å²) in [7, 11) is -3.70. The van der Waals surface area contributed by atoms with Crippen LogP contribution in [-0.4, -0.2) is 48.4 Å². The smallest absolute Gasteiger partial charge is 0.283 e. The highest BCUT2D eigenvalue weighted by atomic mass is 32.2. The van der Waals surface area contributed by atoms with Gasteiger partial charge < -0.3 is 4.90 Å². The molecule has 0 unspecified atom stereocenters. The third-order valence-electron chi connectivity index (χ3n) is 6.34. The summed E-state index contributed by atoms with van der Waals surface area (Å²) in [5.74, 6) is -0.345. The number of benzene rings is 1. The lowest BCUT2D eigenvalue weighted by molar-refractivity contribution is 0.0977. The van der Waals surface area contributed by atoms with Crippen LogP contribution < -0.4 is 9.62 Å². The lowest BCUT2D eigenvalue weighted by atomic mass is 9.82. The van der Waals surface area contributed by atoms with Crippen molar-refractivity contribution in [1.82, 2.24) is 19.5 Å². The van der Waals surface area contributed by atoms with Gasteiger partial charge in [0.1, 0.15) is 5.69 Å². The number of amides is 1. The minimum absolute atomic E-state index is 0.0840. The van der Waals surface area contributed by atoms with Crippen LogP contribution in [0.25, 0.3) is 16.7 Å². The van der Waals surface area contributed by atoms with Crippen molar-refractivity contribution in [3.8, 4) is 5.69 Å². The fraction of sp³-hybridized carbons (Fsp3) is 0.435. The molecular weight excluding hydrogens is 426 g/mol.